The second kappa shape index (κ2) is 6.08. The quantitative estimate of drug-likeness (QED) is 0.657. The van der Waals surface area contributed by atoms with E-state index in [1.807, 2.05) is 0 Å². The van der Waals surface area contributed by atoms with Gasteiger partial charge in [-0.15, -0.1) is 0 Å². The van der Waals surface area contributed by atoms with Crippen LogP contribution in [0.25, 0.3) is 0 Å². The molecule has 0 aromatic carbocycles. The average molecular weight is 215 g/mol. The molecule has 0 saturated carbocycles. The minimum Gasteiger partial charge on any atom is -0.469 e. The van der Waals surface area contributed by atoms with E-state index in [0.717, 1.165) is 26.1 Å². The molecule has 0 aromatic heterocycles. The van der Waals surface area contributed by atoms with E-state index >= 15 is 0 Å². The maximum absolute atomic E-state index is 10.9. The number of ether oxygens (including phenoxy) is 2. The summed E-state index contributed by atoms with van der Waals surface area (Å²) >= 11 is 0. The number of hydrogen-bond acceptors (Lipinski definition) is 4. The van der Waals surface area contributed by atoms with Gasteiger partial charge in [0.15, 0.2) is 0 Å². The Labute approximate surface area is 91.5 Å². The van der Waals surface area contributed by atoms with Crippen molar-refractivity contribution in [1.82, 2.24) is 4.90 Å². The molecule has 0 radical (unpaired) electrons. The SMILES string of the molecule is COC(=O)CCCN1C[C@H](C)O[C@@H](C)C1. The lowest BCUT2D eigenvalue weighted by molar-refractivity contribution is -0.140. The summed E-state index contributed by atoms with van der Waals surface area (Å²) in [6.07, 6.45) is 1.97. The Morgan fingerprint density at radius 1 is 1.40 bits per heavy atom. The van der Waals surface area contributed by atoms with Crippen molar-refractivity contribution in [3.05, 3.63) is 0 Å². The largest absolute Gasteiger partial charge is 0.469 e. The number of nitrogens with zero attached hydrogens (tertiary/aromatic N) is 1. The van der Waals surface area contributed by atoms with Crippen molar-refractivity contribution in [1.29, 1.82) is 0 Å². The van der Waals surface area contributed by atoms with Crippen LogP contribution in [0, 0.1) is 0 Å². The van der Waals surface area contributed by atoms with E-state index in [2.05, 4.69) is 23.5 Å². The summed E-state index contributed by atoms with van der Waals surface area (Å²) in [4.78, 5) is 13.3. The molecule has 1 aliphatic heterocycles. The van der Waals surface area contributed by atoms with E-state index in [9.17, 15) is 4.79 Å². The molecule has 2 atom stereocenters. The molecular formula is C11H21NO3. The molecule has 0 aromatic rings. The zero-order valence-corrected chi connectivity index (χ0v) is 9.86. The molecule has 0 spiro atoms. The van der Waals surface area contributed by atoms with Crippen molar-refractivity contribution in [2.24, 2.45) is 0 Å². The number of carbonyl (C=O) groups is 1. The van der Waals surface area contributed by atoms with Crippen LogP contribution in [0.15, 0.2) is 0 Å². The Bertz CT molecular complexity index is 198. The molecule has 88 valence electrons. The van der Waals surface area contributed by atoms with Gasteiger partial charge in [-0.1, -0.05) is 0 Å². The van der Waals surface area contributed by atoms with Gasteiger partial charge in [0.2, 0.25) is 0 Å². The highest BCUT2D eigenvalue weighted by molar-refractivity contribution is 5.69. The van der Waals surface area contributed by atoms with Crippen LogP contribution in [0.3, 0.4) is 0 Å². The smallest absolute Gasteiger partial charge is 0.305 e. The van der Waals surface area contributed by atoms with Crippen LogP contribution in [0.4, 0.5) is 0 Å². The third kappa shape index (κ3) is 4.62. The Hall–Kier alpha value is -0.610. The molecule has 15 heavy (non-hydrogen) atoms. The van der Waals surface area contributed by atoms with Crippen LogP contribution in [-0.4, -0.2) is 49.8 Å². The van der Waals surface area contributed by atoms with Gasteiger partial charge in [0.05, 0.1) is 19.3 Å². The first-order chi connectivity index (χ1) is 7.11. The Kier molecular flexibility index (Phi) is 5.05. The van der Waals surface area contributed by atoms with Crippen molar-refractivity contribution in [2.45, 2.75) is 38.9 Å². The molecule has 1 heterocycles. The molecule has 1 rings (SSSR count). The molecule has 0 N–H and O–H groups in total. The highest BCUT2D eigenvalue weighted by atomic mass is 16.5. The van der Waals surface area contributed by atoms with Crippen LogP contribution in [-0.2, 0) is 14.3 Å². The highest BCUT2D eigenvalue weighted by Crippen LogP contribution is 2.11. The Morgan fingerprint density at radius 2 is 2.00 bits per heavy atom. The number of hydrogen-bond donors (Lipinski definition) is 0. The summed E-state index contributed by atoms with van der Waals surface area (Å²) in [7, 11) is 1.43. The summed E-state index contributed by atoms with van der Waals surface area (Å²) in [5, 5.41) is 0. The molecule has 1 saturated heterocycles. The summed E-state index contributed by atoms with van der Waals surface area (Å²) < 4.78 is 10.2. The van der Waals surface area contributed by atoms with Crippen molar-refractivity contribution in [3.8, 4) is 0 Å². The third-order valence-corrected chi connectivity index (χ3v) is 2.58. The second-order valence-electron chi connectivity index (χ2n) is 4.20. The van der Waals surface area contributed by atoms with Gasteiger partial charge in [0, 0.05) is 19.5 Å². The number of methoxy groups -OCH3 is 1. The van der Waals surface area contributed by atoms with E-state index in [4.69, 9.17) is 4.74 Å². The van der Waals surface area contributed by atoms with Crippen molar-refractivity contribution >= 4 is 5.97 Å². The van der Waals surface area contributed by atoms with Crippen LogP contribution >= 0.6 is 0 Å². The van der Waals surface area contributed by atoms with Gasteiger partial charge < -0.3 is 9.47 Å². The summed E-state index contributed by atoms with van der Waals surface area (Å²) in [6.45, 7) is 7.05. The molecule has 4 heteroatoms. The monoisotopic (exact) mass is 215 g/mol. The average Bonchev–Trinajstić information content (AvgIpc) is 2.16. The standard InChI is InChI=1S/C11H21NO3/c1-9-7-12(8-10(2)15-9)6-4-5-11(13)14-3/h9-10H,4-8H2,1-3H3/t9-,10-/m0/s1. The van der Waals surface area contributed by atoms with Crippen LogP contribution < -0.4 is 0 Å². The first-order valence-corrected chi connectivity index (χ1v) is 5.56. The molecule has 0 bridgehead atoms. The zero-order chi connectivity index (χ0) is 11.3. The number of esters is 1. The van der Waals surface area contributed by atoms with Gasteiger partial charge in [-0.25, -0.2) is 0 Å². The maximum Gasteiger partial charge on any atom is 0.305 e. The fourth-order valence-corrected chi connectivity index (χ4v) is 2.02. The molecule has 1 fully saturated rings. The topological polar surface area (TPSA) is 38.8 Å². The van der Waals surface area contributed by atoms with Gasteiger partial charge in [-0.05, 0) is 26.8 Å². The molecule has 0 unspecified atom stereocenters. The van der Waals surface area contributed by atoms with E-state index in [1.165, 1.54) is 7.11 Å². The first-order valence-electron chi connectivity index (χ1n) is 5.56. The van der Waals surface area contributed by atoms with Crippen molar-refractivity contribution in [3.63, 3.8) is 0 Å². The van der Waals surface area contributed by atoms with Gasteiger partial charge in [-0.2, -0.15) is 0 Å². The normalized spacial score (nSPS) is 27.7. The van der Waals surface area contributed by atoms with Gasteiger partial charge >= 0.3 is 5.97 Å². The van der Waals surface area contributed by atoms with E-state index in [0.29, 0.717) is 18.6 Å². The molecule has 0 aliphatic carbocycles. The molecule has 4 nitrogen and oxygen atoms in total. The maximum atomic E-state index is 10.9. The first kappa shape index (κ1) is 12.5. The van der Waals surface area contributed by atoms with Crippen molar-refractivity contribution in [2.75, 3.05) is 26.7 Å². The van der Waals surface area contributed by atoms with Crippen molar-refractivity contribution < 1.29 is 14.3 Å². The van der Waals surface area contributed by atoms with Crippen LogP contribution in [0.5, 0.6) is 0 Å². The fraction of sp³-hybridized carbons (Fsp3) is 0.909. The fourth-order valence-electron chi connectivity index (χ4n) is 2.02. The van der Waals surface area contributed by atoms with Gasteiger partial charge in [-0.3, -0.25) is 9.69 Å². The second-order valence-corrected chi connectivity index (χ2v) is 4.20. The van der Waals surface area contributed by atoms with Crippen LogP contribution in [0.1, 0.15) is 26.7 Å². The predicted octanol–water partition coefficient (Wildman–Crippen LogP) is 1.05. The lowest BCUT2D eigenvalue weighted by Crippen LogP contribution is -2.45. The number of carbonyl (C=O) groups excluding carboxylic acids is 1. The summed E-state index contributed by atoms with van der Waals surface area (Å²) in [6, 6.07) is 0. The lowest BCUT2D eigenvalue weighted by atomic mass is 10.2. The molecule has 1 aliphatic rings. The summed E-state index contributed by atoms with van der Waals surface area (Å²) in [5.74, 6) is -0.121. The Balaban J connectivity index is 2.17. The highest BCUT2D eigenvalue weighted by Gasteiger charge is 2.21. The van der Waals surface area contributed by atoms with E-state index < -0.39 is 0 Å². The minimum atomic E-state index is -0.121. The number of morpholine rings is 1. The van der Waals surface area contributed by atoms with E-state index in [1.54, 1.807) is 0 Å². The zero-order valence-electron chi connectivity index (χ0n) is 9.86. The number of rotatable bonds is 4. The predicted molar refractivity (Wildman–Crippen MR) is 57.7 cm³/mol. The summed E-state index contributed by atoms with van der Waals surface area (Å²) in [5.41, 5.74) is 0. The Morgan fingerprint density at radius 3 is 2.53 bits per heavy atom. The molecular weight excluding hydrogens is 194 g/mol. The minimum absolute atomic E-state index is 0.121. The van der Waals surface area contributed by atoms with Gasteiger partial charge in [0.25, 0.3) is 0 Å². The third-order valence-electron chi connectivity index (χ3n) is 2.58. The molecule has 0 amide bonds. The van der Waals surface area contributed by atoms with E-state index in [-0.39, 0.29) is 5.97 Å². The van der Waals surface area contributed by atoms with Gasteiger partial charge in [0.1, 0.15) is 0 Å². The van der Waals surface area contributed by atoms with Crippen LogP contribution in [0.2, 0.25) is 0 Å². The lowest BCUT2D eigenvalue weighted by Gasteiger charge is -2.35.